The van der Waals surface area contributed by atoms with E-state index >= 15 is 0 Å². The molecule has 1 aromatic carbocycles. The predicted molar refractivity (Wildman–Crippen MR) is 78.6 cm³/mol. The number of hydrogen-bond acceptors (Lipinski definition) is 3. The summed E-state index contributed by atoms with van der Waals surface area (Å²) in [5, 5.41) is 2.80. The van der Waals surface area contributed by atoms with Gasteiger partial charge in [-0.25, -0.2) is 4.98 Å². The van der Waals surface area contributed by atoms with Crippen LogP contribution in [0.15, 0.2) is 30.6 Å². The van der Waals surface area contributed by atoms with Crippen molar-refractivity contribution >= 4 is 34.2 Å². The summed E-state index contributed by atoms with van der Waals surface area (Å²) >= 11 is 2.24. The molecule has 0 aliphatic carbocycles. The van der Waals surface area contributed by atoms with Gasteiger partial charge < -0.3 is 5.32 Å². The van der Waals surface area contributed by atoms with Crippen molar-refractivity contribution in [1.82, 2.24) is 9.97 Å². The van der Waals surface area contributed by atoms with Gasteiger partial charge >= 0.3 is 0 Å². The second kappa shape index (κ2) is 5.43. The van der Waals surface area contributed by atoms with Crippen molar-refractivity contribution in [2.75, 3.05) is 5.32 Å². The van der Waals surface area contributed by atoms with Crippen LogP contribution in [-0.4, -0.2) is 15.9 Å². The Morgan fingerprint density at radius 2 is 2.00 bits per heavy atom. The molecule has 0 saturated carbocycles. The normalized spacial score (nSPS) is 10.2. The van der Waals surface area contributed by atoms with E-state index in [9.17, 15) is 4.79 Å². The lowest BCUT2D eigenvalue weighted by Crippen LogP contribution is -2.14. The van der Waals surface area contributed by atoms with Crippen molar-refractivity contribution in [2.45, 2.75) is 13.8 Å². The van der Waals surface area contributed by atoms with Gasteiger partial charge in [0.05, 0.1) is 11.9 Å². The van der Waals surface area contributed by atoms with Crippen LogP contribution in [0, 0.1) is 17.4 Å². The van der Waals surface area contributed by atoms with E-state index in [2.05, 4.69) is 37.9 Å². The Hall–Kier alpha value is -1.50. The van der Waals surface area contributed by atoms with Gasteiger partial charge in [0.1, 0.15) is 5.69 Å². The first-order valence-electron chi connectivity index (χ1n) is 5.42. The van der Waals surface area contributed by atoms with Gasteiger partial charge in [-0.15, -0.1) is 0 Å². The summed E-state index contributed by atoms with van der Waals surface area (Å²) in [7, 11) is 0. The minimum absolute atomic E-state index is 0.248. The summed E-state index contributed by atoms with van der Waals surface area (Å²) < 4.78 is 1.11. The zero-order valence-corrected chi connectivity index (χ0v) is 12.2. The van der Waals surface area contributed by atoms with Crippen LogP contribution < -0.4 is 5.32 Å². The Morgan fingerprint density at radius 3 is 2.61 bits per heavy atom. The first kappa shape index (κ1) is 12.9. The fourth-order valence-electron chi connectivity index (χ4n) is 1.38. The summed E-state index contributed by atoms with van der Waals surface area (Å²) in [6, 6.07) is 5.77. The summed E-state index contributed by atoms with van der Waals surface area (Å²) in [5.74, 6) is -0.248. The summed E-state index contributed by atoms with van der Waals surface area (Å²) in [6.07, 6.45) is 3.05. The number of hydrogen-bond donors (Lipinski definition) is 1. The highest BCUT2D eigenvalue weighted by Crippen LogP contribution is 2.17. The van der Waals surface area contributed by atoms with Gasteiger partial charge in [0, 0.05) is 15.5 Å². The molecule has 0 saturated heterocycles. The van der Waals surface area contributed by atoms with Crippen molar-refractivity contribution < 1.29 is 4.79 Å². The lowest BCUT2D eigenvalue weighted by molar-refractivity contribution is 0.102. The largest absolute Gasteiger partial charge is 0.321 e. The highest BCUT2D eigenvalue weighted by molar-refractivity contribution is 14.1. The van der Waals surface area contributed by atoms with Gasteiger partial charge in [0.2, 0.25) is 0 Å². The summed E-state index contributed by atoms with van der Waals surface area (Å²) in [5.41, 5.74) is 3.05. The predicted octanol–water partition coefficient (Wildman–Crippen LogP) is 2.95. The molecule has 18 heavy (non-hydrogen) atoms. The van der Waals surface area contributed by atoms with E-state index in [-0.39, 0.29) is 5.91 Å². The number of aryl methyl sites for hydroxylation is 2. The minimum atomic E-state index is -0.248. The minimum Gasteiger partial charge on any atom is -0.321 e. The molecule has 1 aromatic heterocycles. The second-order valence-electron chi connectivity index (χ2n) is 3.96. The molecule has 0 atom stereocenters. The number of anilines is 1. The third-order valence-electron chi connectivity index (χ3n) is 2.44. The van der Waals surface area contributed by atoms with Crippen molar-refractivity contribution in [3.63, 3.8) is 0 Å². The van der Waals surface area contributed by atoms with Crippen LogP contribution in [0.1, 0.15) is 21.7 Å². The van der Waals surface area contributed by atoms with Crippen molar-refractivity contribution in [1.29, 1.82) is 0 Å². The van der Waals surface area contributed by atoms with Crippen LogP contribution in [0.5, 0.6) is 0 Å². The van der Waals surface area contributed by atoms with Gasteiger partial charge in [0.25, 0.3) is 5.91 Å². The average molecular weight is 353 g/mol. The van der Waals surface area contributed by atoms with Crippen LogP contribution in [0.3, 0.4) is 0 Å². The van der Waals surface area contributed by atoms with Crippen molar-refractivity contribution in [2.24, 2.45) is 0 Å². The lowest BCUT2D eigenvalue weighted by Gasteiger charge is -2.06. The van der Waals surface area contributed by atoms with E-state index in [4.69, 9.17) is 0 Å². The third-order valence-corrected chi connectivity index (χ3v) is 3.61. The molecular weight excluding hydrogens is 341 g/mol. The Labute approximate surface area is 119 Å². The monoisotopic (exact) mass is 353 g/mol. The smallest absolute Gasteiger partial charge is 0.275 e. The van der Waals surface area contributed by atoms with Crippen molar-refractivity contribution in [3.05, 3.63) is 51.1 Å². The molecule has 0 unspecified atom stereocenters. The van der Waals surface area contributed by atoms with Gasteiger partial charge in [-0.3, -0.25) is 9.78 Å². The first-order chi connectivity index (χ1) is 8.56. The topological polar surface area (TPSA) is 54.9 Å². The van der Waals surface area contributed by atoms with Crippen molar-refractivity contribution in [3.8, 4) is 0 Å². The molecule has 1 amide bonds. The van der Waals surface area contributed by atoms with Gasteiger partial charge in [0.15, 0.2) is 0 Å². The second-order valence-corrected chi connectivity index (χ2v) is 5.12. The van der Waals surface area contributed by atoms with Crippen LogP contribution >= 0.6 is 22.6 Å². The Morgan fingerprint density at radius 1 is 1.22 bits per heavy atom. The third kappa shape index (κ3) is 3.04. The zero-order chi connectivity index (χ0) is 13.1. The molecule has 0 aliphatic rings. The molecular formula is C13H12IN3O. The van der Waals surface area contributed by atoms with Gasteiger partial charge in [-0.1, -0.05) is 6.07 Å². The quantitative estimate of drug-likeness (QED) is 0.845. The number of amides is 1. The number of aromatic nitrogens is 2. The molecule has 0 spiro atoms. The van der Waals surface area contributed by atoms with E-state index in [1.807, 2.05) is 32.0 Å². The van der Waals surface area contributed by atoms with E-state index in [1.165, 1.54) is 11.8 Å². The fourth-order valence-corrected chi connectivity index (χ4v) is 1.89. The number of rotatable bonds is 2. The molecule has 1 N–H and O–H groups in total. The Bertz CT molecular complexity index is 581. The molecule has 2 aromatic rings. The maximum atomic E-state index is 11.9. The van der Waals surface area contributed by atoms with E-state index < -0.39 is 0 Å². The maximum Gasteiger partial charge on any atom is 0.275 e. The molecule has 0 radical (unpaired) electrons. The molecule has 92 valence electrons. The fraction of sp³-hybridized carbons (Fsp3) is 0.154. The van der Waals surface area contributed by atoms with Gasteiger partial charge in [-0.2, -0.15) is 0 Å². The first-order valence-corrected chi connectivity index (χ1v) is 6.50. The Balaban J connectivity index is 2.16. The highest BCUT2D eigenvalue weighted by atomic mass is 127. The number of carbonyl (C=O) groups excluding carboxylic acids is 1. The molecule has 0 fully saturated rings. The Kier molecular flexibility index (Phi) is 3.90. The standard InChI is InChI=1S/C13H12IN3O/c1-8-3-4-10(5-11(8)14)17-13(18)12-7-15-9(2)6-16-12/h3-7H,1-2H3,(H,17,18). The zero-order valence-electron chi connectivity index (χ0n) is 10.1. The molecule has 0 aliphatic heterocycles. The molecule has 4 nitrogen and oxygen atoms in total. The number of nitrogens with zero attached hydrogens (tertiary/aromatic N) is 2. The van der Waals surface area contributed by atoms with Crippen LogP contribution in [0.2, 0.25) is 0 Å². The molecule has 0 bridgehead atoms. The number of nitrogens with one attached hydrogen (secondary N) is 1. The summed E-state index contributed by atoms with van der Waals surface area (Å²) in [4.78, 5) is 20.0. The van der Waals surface area contributed by atoms with E-state index in [0.717, 1.165) is 15.0 Å². The van der Waals surface area contributed by atoms with Crippen LogP contribution in [0.4, 0.5) is 5.69 Å². The van der Waals surface area contributed by atoms with Crippen LogP contribution in [-0.2, 0) is 0 Å². The lowest BCUT2D eigenvalue weighted by atomic mass is 10.2. The average Bonchev–Trinajstić information content (AvgIpc) is 2.34. The maximum absolute atomic E-state index is 11.9. The molecule has 2 rings (SSSR count). The van der Waals surface area contributed by atoms with Gasteiger partial charge in [-0.05, 0) is 54.1 Å². The SMILES string of the molecule is Cc1cnc(C(=O)Nc2ccc(C)c(I)c2)cn1. The van der Waals surface area contributed by atoms with Crippen LogP contribution in [0.25, 0.3) is 0 Å². The van der Waals surface area contributed by atoms with E-state index in [1.54, 1.807) is 6.20 Å². The van der Waals surface area contributed by atoms with E-state index in [0.29, 0.717) is 5.69 Å². The molecule has 1 heterocycles. The number of benzene rings is 1. The summed E-state index contributed by atoms with van der Waals surface area (Å²) in [6.45, 7) is 3.86. The highest BCUT2D eigenvalue weighted by Gasteiger charge is 2.08. The number of halogens is 1. The number of carbonyl (C=O) groups is 1. The molecule has 5 heteroatoms.